The maximum absolute atomic E-state index is 12.4. The average molecular weight is 379 g/mol. The summed E-state index contributed by atoms with van der Waals surface area (Å²) in [6, 6.07) is 6.62. The van der Waals surface area contributed by atoms with E-state index in [-0.39, 0.29) is 11.9 Å². The van der Waals surface area contributed by atoms with Crippen LogP contribution in [0.25, 0.3) is 0 Å². The molecule has 0 saturated heterocycles. The highest BCUT2D eigenvalue weighted by Gasteiger charge is 2.21. The summed E-state index contributed by atoms with van der Waals surface area (Å²) >= 11 is 6.99. The van der Waals surface area contributed by atoms with Gasteiger partial charge in [-0.05, 0) is 44.0 Å². The molecule has 1 heterocycles. The molecule has 1 saturated carbocycles. The van der Waals surface area contributed by atoms with Crippen molar-refractivity contribution in [1.29, 1.82) is 0 Å². The Morgan fingerprint density at radius 3 is 2.52 bits per heavy atom. The number of urea groups is 1. The van der Waals surface area contributed by atoms with Crippen LogP contribution in [-0.2, 0) is 0 Å². The molecule has 1 aromatic heterocycles. The van der Waals surface area contributed by atoms with Crippen LogP contribution in [0.4, 0.5) is 15.6 Å². The highest BCUT2D eigenvalue weighted by atomic mass is 35.5. The van der Waals surface area contributed by atoms with Crippen LogP contribution < -0.4 is 16.0 Å². The number of amides is 3. The number of benzene rings is 1. The Hall–Kier alpha value is -2.12. The molecule has 0 bridgehead atoms. The minimum Gasteiger partial charge on any atom is -0.349 e. The second-order valence-electron chi connectivity index (χ2n) is 5.97. The summed E-state index contributed by atoms with van der Waals surface area (Å²) in [4.78, 5) is 29.2. The van der Waals surface area contributed by atoms with E-state index in [0.29, 0.717) is 26.4 Å². The molecule has 132 valence electrons. The quantitative estimate of drug-likeness (QED) is 0.736. The lowest BCUT2D eigenvalue weighted by molar-refractivity contribution is 0.0941. The third-order valence-corrected chi connectivity index (χ3v) is 5.34. The van der Waals surface area contributed by atoms with Crippen molar-refractivity contribution < 1.29 is 9.59 Å². The molecule has 3 rings (SSSR count). The Morgan fingerprint density at radius 2 is 1.84 bits per heavy atom. The molecule has 1 fully saturated rings. The molecule has 1 aliphatic rings. The molecule has 3 amide bonds. The van der Waals surface area contributed by atoms with Crippen LogP contribution in [0.2, 0.25) is 5.02 Å². The highest BCUT2D eigenvalue weighted by molar-refractivity contribution is 7.17. The second-order valence-corrected chi connectivity index (χ2v) is 7.41. The molecule has 1 aromatic carbocycles. The first kappa shape index (κ1) is 17.7. The van der Waals surface area contributed by atoms with E-state index in [1.165, 1.54) is 11.3 Å². The van der Waals surface area contributed by atoms with Crippen LogP contribution in [0, 0.1) is 6.92 Å². The molecule has 0 atom stereocenters. The number of rotatable bonds is 4. The number of aryl methyl sites for hydroxylation is 1. The maximum atomic E-state index is 12.4. The predicted octanol–water partition coefficient (Wildman–Crippen LogP) is 4.42. The van der Waals surface area contributed by atoms with E-state index in [2.05, 4.69) is 20.9 Å². The van der Waals surface area contributed by atoms with Crippen LogP contribution in [-0.4, -0.2) is 23.0 Å². The van der Waals surface area contributed by atoms with E-state index in [0.717, 1.165) is 25.7 Å². The van der Waals surface area contributed by atoms with Gasteiger partial charge in [0.05, 0.1) is 5.69 Å². The lowest BCUT2D eigenvalue weighted by Crippen LogP contribution is -2.32. The van der Waals surface area contributed by atoms with E-state index >= 15 is 0 Å². The summed E-state index contributed by atoms with van der Waals surface area (Å²) in [7, 11) is 0. The van der Waals surface area contributed by atoms with Crippen LogP contribution in [0.5, 0.6) is 0 Å². The Balaban J connectivity index is 1.60. The number of aromatic nitrogens is 1. The summed E-state index contributed by atoms with van der Waals surface area (Å²) in [5.41, 5.74) is 1.23. The van der Waals surface area contributed by atoms with Gasteiger partial charge in [-0.2, -0.15) is 0 Å². The van der Waals surface area contributed by atoms with E-state index in [1.54, 1.807) is 31.2 Å². The monoisotopic (exact) mass is 378 g/mol. The van der Waals surface area contributed by atoms with Crippen molar-refractivity contribution in [2.24, 2.45) is 0 Å². The molecule has 25 heavy (non-hydrogen) atoms. The number of halogens is 1. The zero-order chi connectivity index (χ0) is 17.8. The van der Waals surface area contributed by atoms with Gasteiger partial charge >= 0.3 is 6.03 Å². The van der Waals surface area contributed by atoms with Gasteiger partial charge in [0.1, 0.15) is 4.88 Å². The molecular weight excluding hydrogens is 360 g/mol. The fraction of sp³-hybridized carbons (Fsp3) is 0.353. The number of carbonyl (C=O) groups excluding carboxylic acids is 2. The number of carbonyl (C=O) groups is 2. The average Bonchev–Trinajstić information content (AvgIpc) is 3.19. The number of hydrogen-bond donors (Lipinski definition) is 3. The predicted molar refractivity (Wildman–Crippen MR) is 101 cm³/mol. The SMILES string of the molecule is Cc1nc(NC(=O)Nc2ccc(Cl)cc2)sc1C(=O)NC1CCCC1. The topological polar surface area (TPSA) is 83.1 Å². The van der Waals surface area contributed by atoms with E-state index < -0.39 is 6.03 Å². The molecule has 1 aliphatic carbocycles. The third-order valence-electron chi connectivity index (χ3n) is 4.02. The molecule has 0 spiro atoms. The minimum absolute atomic E-state index is 0.118. The van der Waals surface area contributed by atoms with Crippen molar-refractivity contribution in [3.63, 3.8) is 0 Å². The van der Waals surface area contributed by atoms with E-state index in [1.807, 2.05) is 0 Å². The lowest BCUT2D eigenvalue weighted by atomic mass is 10.2. The van der Waals surface area contributed by atoms with Gasteiger partial charge in [0.2, 0.25) is 0 Å². The molecule has 0 unspecified atom stereocenters. The van der Waals surface area contributed by atoms with Crippen molar-refractivity contribution in [2.75, 3.05) is 10.6 Å². The molecule has 2 aromatic rings. The van der Waals surface area contributed by atoms with Crippen molar-refractivity contribution in [1.82, 2.24) is 10.3 Å². The summed E-state index contributed by atoms with van der Waals surface area (Å²) in [6.45, 7) is 1.77. The summed E-state index contributed by atoms with van der Waals surface area (Å²) in [5, 5.41) is 9.38. The number of thiazole rings is 1. The van der Waals surface area contributed by atoms with Gasteiger partial charge in [0.15, 0.2) is 5.13 Å². The first-order valence-corrected chi connectivity index (χ1v) is 9.32. The van der Waals surface area contributed by atoms with E-state index in [9.17, 15) is 9.59 Å². The summed E-state index contributed by atoms with van der Waals surface area (Å²) < 4.78 is 0. The summed E-state index contributed by atoms with van der Waals surface area (Å²) in [5.74, 6) is -0.118. The van der Waals surface area contributed by atoms with Crippen LogP contribution >= 0.6 is 22.9 Å². The Morgan fingerprint density at radius 1 is 1.16 bits per heavy atom. The van der Waals surface area contributed by atoms with Gasteiger partial charge in [-0.1, -0.05) is 35.8 Å². The molecule has 6 nitrogen and oxygen atoms in total. The fourth-order valence-electron chi connectivity index (χ4n) is 2.77. The highest BCUT2D eigenvalue weighted by Crippen LogP contribution is 2.24. The maximum Gasteiger partial charge on any atom is 0.325 e. The molecule has 0 radical (unpaired) electrons. The first-order chi connectivity index (χ1) is 12.0. The largest absolute Gasteiger partial charge is 0.349 e. The van der Waals surface area contributed by atoms with Gasteiger partial charge in [-0.15, -0.1) is 0 Å². The van der Waals surface area contributed by atoms with Gasteiger partial charge in [0, 0.05) is 16.8 Å². The van der Waals surface area contributed by atoms with Crippen LogP contribution in [0.15, 0.2) is 24.3 Å². The fourth-order valence-corrected chi connectivity index (χ4v) is 3.76. The van der Waals surface area contributed by atoms with Gasteiger partial charge in [-0.25, -0.2) is 9.78 Å². The standard InChI is InChI=1S/C17H19ClN4O2S/c1-10-14(15(23)20-12-4-2-3-5-12)25-17(19-10)22-16(24)21-13-8-6-11(18)7-9-13/h6-9,12H,2-5H2,1H3,(H,20,23)(H2,19,21,22,24). The number of nitrogens with one attached hydrogen (secondary N) is 3. The normalized spacial score (nSPS) is 14.3. The Labute approximate surface area is 155 Å². The number of nitrogens with zero attached hydrogens (tertiary/aromatic N) is 1. The molecule has 8 heteroatoms. The zero-order valence-corrected chi connectivity index (χ0v) is 15.3. The Bertz CT molecular complexity index is 769. The molecule has 0 aliphatic heterocycles. The van der Waals surface area contributed by atoms with Crippen molar-refractivity contribution >= 4 is 45.7 Å². The minimum atomic E-state index is -0.418. The molecule has 3 N–H and O–H groups in total. The van der Waals surface area contributed by atoms with Crippen molar-refractivity contribution in [3.8, 4) is 0 Å². The number of anilines is 2. The first-order valence-electron chi connectivity index (χ1n) is 8.13. The van der Waals surface area contributed by atoms with Gasteiger partial charge in [0.25, 0.3) is 5.91 Å². The van der Waals surface area contributed by atoms with Gasteiger partial charge in [-0.3, -0.25) is 10.1 Å². The zero-order valence-electron chi connectivity index (χ0n) is 13.8. The number of hydrogen-bond acceptors (Lipinski definition) is 4. The van der Waals surface area contributed by atoms with Crippen LogP contribution in [0.1, 0.15) is 41.0 Å². The smallest absolute Gasteiger partial charge is 0.325 e. The second kappa shape index (κ2) is 7.84. The van der Waals surface area contributed by atoms with Gasteiger partial charge < -0.3 is 10.6 Å². The molecular formula is C17H19ClN4O2S. The Kier molecular flexibility index (Phi) is 5.55. The van der Waals surface area contributed by atoms with Crippen LogP contribution in [0.3, 0.4) is 0 Å². The van der Waals surface area contributed by atoms with Crippen molar-refractivity contribution in [2.45, 2.75) is 38.6 Å². The van der Waals surface area contributed by atoms with E-state index in [4.69, 9.17) is 11.6 Å². The van der Waals surface area contributed by atoms with Crippen molar-refractivity contribution in [3.05, 3.63) is 39.9 Å². The summed E-state index contributed by atoms with van der Waals surface area (Å²) in [6.07, 6.45) is 4.37. The lowest BCUT2D eigenvalue weighted by Gasteiger charge is -2.10. The third kappa shape index (κ3) is 4.70.